The van der Waals surface area contributed by atoms with E-state index in [2.05, 4.69) is 30.7 Å². The molecule has 0 bridgehead atoms. The number of methoxy groups -OCH3 is 1. The summed E-state index contributed by atoms with van der Waals surface area (Å²) in [4.78, 5) is 27.2. The van der Waals surface area contributed by atoms with E-state index in [1.165, 1.54) is 13.5 Å². The van der Waals surface area contributed by atoms with Crippen LogP contribution < -0.4 is 20.5 Å². The molecule has 3 rings (SSSR count). The monoisotopic (exact) mass is 328 g/mol. The second-order valence-corrected chi connectivity index (χ2v) is 5.42. The van der Waals surface area contributed by atoms with Gasteiger partial charge in [0.25, 0.3) is 5.91 Å². The first-order chi connectivity index (χ1) is 11.8. The Morgan fingerprint density at radius 1 is 1.17 bits per heavy atom. The number of hydrogen-bond donors (Lipinski definition) is 2. The van der Waals surface area contributed by atoms with Crippen LogP contribution in [0, 0.1) is 0 Å². The molecule has 8 heteroatoms. The second-order valence-electron chi connectivity index (χ2n) is 5.42. The van der Waals surface area contributed by atoms with Gasteiger partial charge in [-0.1, -0.05) is 0 Å². The molecule has 0 aromatic carbocycles. The molecule has 2 aromatic heterocycles. The zero-order valence-corrected chi connectivity index (χ0v) is 13.5. The highest BCUT2D eigenvalue weighted by Gasteiger charge is 2.19. The van der Waals surface area contributed by atoms with Crippen LogP contribution in [-0.4, -0.2) is 41.1 Å². The molecule has 0 spiro atoms. The summed E-state index contributed by atoms with van der Waals surface area (Å²) in [5.41, 5.74) is 5.83. The first-order valence-corrected chi connectivity index (χ1v) is 7.91. The van der Waals surface area contributed by atoms with Crippen LogP contribution in [0.25, 0.3) is 0 Å². The minimum absolute atomic E-state index is 0.256. The summed E-state index contributed by atoms with van der Waals surface area (Å²) in [6.45, 7) is 1.84. The lowest BCUT2D eigenvalue weighted by atomic mass is 10.1. The van der Waals surface area contributed by atoms with Gasteiger partial charge in [0.05, 0.1) is 12.7 Å². The lowest BCUT2D eigenvalue weighted by Gasteiger charge is -2.29. The Kier molecular flexibility index (Phi) is 5.05. The number of carbonyl (C=O) groups excluding carboxylic acids is 1. The van der Waals surface area contributed by atoms with Gasteiger partial charge in [-0.2, -0.15) is 4.98 Å². The largest absolute Gasteiger partial charge is 0.481 e. The maximum atomic E-state index is 12.5. The smallest absolute Gasteiger partial charge is 0.273 e. The molecule has 0 atom stereocenters. The first-order valence-electron chi connectivity index (χ1n) is 7.91. The average Bonchev–Trinajstić information content (AvgIpc) is 2.67. The third kappa shape index (κ3) is 3.70. The Labute approximate surface area is 140 Å². The second kappa shape index (κ2) is 7.58. The highest BCUT2D eigenvalue weighted by molar-refractivity contribution is 5.99. The van der Waals surface area contributed by atoms with Gasteiger partial charge in [0.1, 0.15) is 5.82 Å². The zero-order valence-electron chi connectivity index (χ0n) is 13.5. The van der Waals surface area contributed by atoms with E-state index in [-0.39, 0.29) is 11.9 Å². The molecule has 0 aliphatic carbocycles. The van der Waals surface area contributed by atoms with Gasteiger partial charge in [-0.05, 0) is 31.4 Å². The van der Waals surface area contributed by atoms with E-state index in [9.17, 15) is 4.79 Å². The predicted octanol–water partition coefficient (Wildman–Crippen LogP) is 1.63. The molecule has 126 valence electrons. The van der Waals surface area contributed by atoms with Gasteiger partial charge in [0.15, 0.2) is 0 Å². The minimum Gasteiger partial charge on any atom is -0.481 e. The summed E-state index contributed by atoms with van der Waals surface area (Å²) in [7, 11) is 1.52. The normalized spacial score (nSPS) is 14.1. The summed E-state index contributed by atoms with van der Waals surface area (Å²) < 4.78 is 5.02. The van der Waals surface area contributed by atoms with Crippen molar-refractivity contribution >= 4 is 17.7 Å². The molecule has 1 aliphatic heterocycles. The molecule has 1 aliphatic rings. The molecular formula is C16H20N6O2. The Morgan fingerprint density at radius 3 is 2.79 bits per heavy atom. The molecule has 0 radical (unpaired) electrons. The van der Waals surface area contributed by atoms with Gasteiger partial charge in [-0.15, -0.1) is 0 Å². The maximum Gasteiger partial charge on any atom is 0.273 e. The third-order valence-electron chi connectivity index (χ3n) is 3.81. The summed E-state index contributed by atoms with van der Waals surface area (Å²) in [5.74, 6) is 1.10. The lowest BCUT2D eigenvalue weighted by molar-refractivity contribution is 0.0962. The molecule has 3 heterocycles. The van der Waals surface area contributed by atoms with Crippen molar-refractivity contribution < 1.29 is 9.53 Å². The molecule has 1 saturated heterocycles. The van der Waals surface area contributed by atoms with E-state index in [4.69, 9.17) is 4.74 Å². The van der Waals surface area contributed by atoms with Crippen LogP contribution in [0.2, 0.25) is 0 Å². The number of piperidine rings is 1. The average molecular weight is 328 g/mol. The number of nitrogens with zero attached hydrogens (tertiary/aromatic N) is 4. The van der Waals surface area contributed by atoms with Crippen molar-refractivity contribution in [3.63, 3.8) is 0 Å². The van der Waals surface area contributed by atoms with Crippen LogP contribution >= 0.6 is 0 Å². The zero-order chi connectivity index (χ0) is 16.8. The van der Waals surface area contributed by atoms with E-state index in [1.54, 1.807) is 30.6 Å². The van der Waals surface area contributed by atoms with Crippen molar-refractivity contribution in [2.24, 2.45) is 0 Å². The summed E-state index contributed by atoms with van der Waals surface area (Å²) in [5, 5.41) is 0. The Hall–Kier alpha value is -2.90. The number of hydrazine groups is 1. The molecular weight excluding hydrogens is 308 g/mol. The molecule has 2 aromatic rings. The van der Waals surface area contributed by atoms with Crippen LogP contribution in [0.15, 0.2) is 30.6 Å². The lowest BCUT2D eigenvalue weighted by Crippen LogP contribution is -2.35. The number of pyridine rings is 1. The van der Waals surface area contributed by atoms with Crippen LogP contribution in [0.5, 0.6) is 5.88 Å². The Balaban J connectivity index is 1.70. The number of amides is 1. The van der Waals surface area contributed by atoms with Gasteiger partial charge >= 0.3 is 0 Å². The van der Waals surface area contributed by atoms with Crippen LogP contribution in [0.1, 0.15) is 29.6 Å². The van der Waals surface area contributed by atoms with Crippen LogP contribution in [0.3, 0.4) is 0 Å². The Bertz CT molecular complexity index is 702. The van der Waals surface area contributed by atoms with Crippen molar-refractivity contribution in [2.75, 3.05) is 30.5 Å². The first kappa shape index (κ1) is 16.0. The fourth-order valence-corrected chi connectivity index (χ4v) is 2.63. The van der Waals surface area contributed by atoms with Crippen molar-refractivity contribution in [1.29, 1.82) is 0 Å². The maximum absolute atomic E-state index is 12.5. The number of rotatable bonds is 5. The number of ether oxygens (including phenoxy) is 1. The third-order valence-corrected chi connectivity index (χ3v) is 3.81. The molecule has 0 saturated carbocycles. The van der Waals surface area contributed by atoms with Crippen molar-refractivity contribution in [3.8, 4) is 5.88 Å². The fourth-order valence-electron chi connectivity index (χ4n) is 2.63. The minimum atomic E-state index is -0.282. The van der Waals surface area contributed by atoms with Gasteiger partial charge in [-0.25, -0.2) is 9.97 Å². The van der Waals surface area contributed by atoms with Crippen molar-refractivity contribution in [2.45, 2.75) is 19.3 Å². The van der Waals surface area contributed by atoms with Gasteiger partial charge in [0.2, 0.25) is 11.8 Å². The molecule has 2 N–H and O–H groups in total. The SMILES string of the molecule is COc1ccnc(NNC(=O)c2cccnc2N2CCCCC2)n1. The quantitative estimate of drug-likeness (QED) is 0.806. The van der Waals surface area contributed by atoms with Gasteiger partial charge < -0.3 is 9.64 Å². The number of carbonyl (C=O) groups is 1. The van der Waals surface area contributed by atoms with E-state index in [0.29, 0.717) is 17.3 Å². The molecule has 1 amide bonds. The summed E-state index contributed by atoms with van der Waals surface area (Å²) >= 11 is 0. The van der Waals surface area contributed by atoms with Gasteiger partial charge in [-0.3, -0.25) is 15.6 Å². The molecule has 8 nitrogen and oxygen atoms in total. The van der Waals surface area contributed by atoms with Crippen molar-refractivity contribution in [3.05, 3.63) is 36.2 Å². The van der Waals surface area contributed by atoms with Crippen LogP contribution in [-0.2, 0) is 0 Å². The van der Waals surface area contributed by atoms with Crippen molar-refractivity contribution in [1.82, 2.24) is 20.4 Å². The van der Waals surface area contributed by atoms with Gasteiger partial charge in [0, 0.05) is 31.5 Å². The highest BCUT2D eigenvalue weighted by atomic mass is 16.5. The number of anilines is 2. The summed E-state index contributed by atoms with van der Waals surface area (Å²) in [6, 6.07) is 5.15. The predicted molar refractivity (Wildman–Crippen MR) is 90.0 cm³/mol. The standard InChI is InChI=1S/C16H20N6O2/c1-24-13-7-9-18-16(19-13)21-20-15(23)12-6-5-8-17-14(12)22-10-3-2-4-11-22/h5-9H,2-4,10-11H2,1H3,(H,20,23)(H,18,19,21). The van der Waals surface area contributed by atoms with E-state index < -0.39 is 0 Å². The fraction of sp³-hybridized carbons (Fsp3) is 0.375. The van der Waals surface area contributed by atoms with Crippen LogP contribution in [0.4, 0.5) is 11.8 Å². The number of aromatic nitrogens is 3. The number of nitrogens with one attached hydrogen (secondary N) is 2. The van der Waals surface area contributed by atoms with E-state index in [1.807, 2.05) is 0 Å². The molecule has 0 unspecified atom stereocenters. The Morgan fingerprint density at radius 2 is 2.00 bits per heavy atom. The topological polar surface area (TPSA) is 92.3 Å². The number of hydrogen-bond acceptors (Lipinski definition) is 7. The summed E-state index contributed by atoms with van der Waals surface area (Å²) in [6.07, 6.45) is 6.71. The van der Waals surface area contributed by atoms with E-state index in [0.717, 1.165) is 25.9 Å². The highest BCUT2D eigenvalue weighted by Crippen LogP contribution is 2.21. The van der Waals surface area contributed by atoms with E-state index >= 15 is 0 Å². The molecule has 1 fully saturated rings. The molecule has 24 heavy (non-hydrogen) atoms.